The lowest BCUT2D eigenvalue weighted by molar-refractivity contribution is -0.338. The van der Waals surface area contributed by atoms with Crippen LogP contribution in [0.2, 0.25) is 0 Å². The van der Waals surface area contributed by atoms with E-state index in [0.717, 1.165) is 5.57 Å². The average Bonchev–Trinajstić information content (AvgIpc) is 2.87. The van der Waals surface area contributed by atoms with Gasteiger partial charge in [0.15, 0.2) is 6.29 Å². The molecule has 8 atom stereocenters. The van der Waals surface area contributed by atoms with Crippen LogP contribution < -0.4 is 0 Å². The van der Waals surface area contributed by atoms with E-state index in [0.29, 0.717) is 13.1 Å². The van der Waals surface area contributed by atoms with Gasteiger partial charge in [0.2, 0.25) is 6.29 Å². The largest absolute Gasteiger partial charge is 0.471 e. The van der Waals surface area contributed by atoms with Gasteiger partial charge in [-0.2, -0.15) is 0 Å². The number of aliphatic hydroxyl groups excluding tert-OH is 5. The van der Waals surface area contributed by atoms with Crippen LogP contribution >= 0.6 is 0 Å². The second kappa shape index (κ2) is 12.5. The average molecular weight is 496 g/mol. The monoisotopic (exact) mass is 495 g/mol. The normalized spacial score (nSPS) is 35.3. The van der Waals surface area contributed by atoms with E-state index < -0.39 is 61.4 Å². The topological polar surface area (TPSA) is 158 Å². The van der Waals surface area contributed by atoms with Crippen molar-refractivity contribution in [2.45, 2.75) is 37.0 Å². The maximum atomic E-state index is 12.4. The van der Waals surface area contributed by atoms with Gasteiger partial charge in [-0.25, -0.2) is 4.79 Å². The Balaban J connectivity index is 1.82. The molecule has 0 aromatic rings. The zero-order chi connectivity index (χ0) is 25.5. The number of nitrogens with zero attached hydrogens (tertiary/aromatic N) is 1. The van der Waals surface area contributed by atoms with Crippen LogP contribution in [-0.2, 0) is 23.7 Å². The third-order valence-electron chi connectivity index (χ3n) is 6.12. The Hall–Kier alpha value is -2.51. The highest BCUT2D eigenvalue weighted by atomic mass is 16.8. The van der Waals surface area contributed by atoms with Crippen molar-refractivity contribution in [3.05, 3.63) is 60.6 Å². The molecule has 35 heavy (non-hydrogen) atoms. The van der Waals surface area contributed by atoms with Crippen molar-refractivity contribution in [3.63, 3.8) is 0 Å². The fourth-order valence-electron chi connectivity index (χ4n) is 4.16. The van der Waals surface area contributed by atoms with Crippen molar-refractivity contribution in [3.8, 4) is 0 Å². The number of methoxy groups -OCH3 is 1. The number of allylic oxidation sites excluding steroid dienone is 3. The highest BCUT2D eigenvalue weighted by Crippen LogP contribution is 2.36. The van der Waals surface area contributed by atoms with E-state index in [1.54, 1.807) is 6.08 Å². The molecule has 0 amide bonds. The van der Waals surface area contributed by atoms with Gasteiger partial charge in [-0.1, -0.05) is 24.3 Å². The number of hydrogen-bond donors (Lipinski definition) is 5. The first-order valence-corrected chi connectivity index (χ1v) is 11.3. The van der Waals surface area contributed by atoms with E-state index in [2.05, 4.69) is 6.58 Å². The number of aliphatic hydroxyl groups is 5. The van der Waals surface area contributed by atoms with Crippen molar-refractivity contribution < 1.29 is 49.3 Å². The molecule has 11 heteroatoms. The smallest absolute Gasteiger partial charge is 0.337 e. The first kappa shape index (κ1) is 27.1. The van der Waals surface area contributed by atoms with Gasteiger partial charge < -0.3 is 49.4 Å². The van der Waals surface area contributed by atoms with Crippen molar-refractivity contribution in [1.82, 2.24) is 4.90 Å². The van der Waals surface area contributed by atoms with Crippen LogP contribution in [0.25, 0.3) is 0 Å². The Morgan fingerprint density at radius 1 is 1.23 bits per heavy atom. The molecule has 0 aromatic carbocycles. The van der Waals surface area contributed by atoms with Gasteiger partial charge in [0, 0.05) is 19.0 Å². The SMILES string of the molecule is C=CC1C(OC2OC(CO)C(O)C(O)C2O)OC=C(C(=O)OC)C1C=CC1=CC=CN(CCO)C1. The zero-order valence-corrected chi connectivity index (χ0v) is 19.4. The number of carbonyl (C=O) groups excluding carboxylic acids is 1. The Kier molecular flexibility index (Phi) is 9.63. The molecule has 0 saturated carbocycles. The molecule has 3 aliphatic rings. The maximum Gasteiger partial charge on any atom is 0.337 e. The van der Waals surface area contributed by atoms with Gasteiger partial charge in [-0.05, 0) is 17.8 Å². The van der Waals surface area contributed by atoms with Crippen LogP contribution in [-0.4, -0.2) is 107 Å². The van der Waals surface area contributed by atoms with E-state index in [9.17, 15) is 30.3 Å². The fraction of sp³-hybridized carbons (Fsp3) is 0.542. The molecule has 1 saturated heterocycles. The van der Waals surface area contributed by atoms with Crippen LogP contribution in [0.5, 0.6) is 0 Å². The summed E-state index contributed by atoms with van der Waals surface area (Å²) in [5, 5.41) is 49.0. The van der Waals surface area contributed by atoms with Gasteiger partial charge in [-0.15, -0.1) is 6.58 Å². The summed E-state index contributed by atoms with van der Waals surface area (Å²) in [5.74, 6) is -1.81. The van der Waals surface area contributed by atoms with E-state index in [1.165, 1.54) is 19.4 Å². The molecule has 11 nitrogen and oxygen atoms in total. The molecule has 5 N–H and O–H groups in total. The molecule has 0 spiro atoms. The summed E-state index contributed by atoms with van der Waals surface area (Å²) in [4.78, 5) is 14.4. The Labute approximate surface area is 203 Å². The molecule has 0 radical (unpaired) electrons. The molecule has 0 aromatic heterocycles. The minimum atomic E-state index is -1.61. The molecule has 3 heterocycles. The lowest BCUT2D eigenvalue weighted by Crippen LogP contribution is -2.60. The first-order valence-electron chi connectivity index (χ1n) is 11.3. The Morgan fingerprint density at radius 2 is 2.00 bits per heavy atom. The molecule has 1 fully saturated rings. The van der Waals surface area contributed by atoms with Gasteiger partial charge in [-0.3, -0.25) is 0 Å². The minimum absolute atomic E-state index is 0.0199. The standard InChI is InChI=1S/C24H33NO10/c1-3-15-16(7-6-14-5-4-8-25(11-14)9-10-26)17(22(31)32-2)13-33-23(15)35-24-21(30)20(29)19(28)18(12-27)34-24/h3-8,13,15-16,18-21,23-24,26-30H,1,9-12H2,2H3. The molecule has 3 rings (SSSR count). The van der Waals surface area contributed by atoms with Crippen molar-refractivity contribution >= 4 is 5.97 Å². The number of β-amino-alcohol motifs (C(OH)–C–C–N with tert-alkyl or cyclic N) is 1. The van der Waals surface area contributed by atoms with Crippen LogP contribution in [0.4, 0.5) is 0 Å². The molecule has 194 valence electrons. The third kappa shape index (κ3) is 6.19. The van der Waals surface area contributed by atoms with E-state index in [4.69, 9.17) is 18.9 Å². The van der Waals surface area contributed by atoms with Gasteiger partial charge in [0.05, 0.1) is 38.1 Å². The summed E-state index contributed by atoms with van der Waals surface area (Å²) in [6.07, 6.45) is 3.64. The van der Waals surface area contributed by atoms with Crippen LogP contribution in [0, 0.1) is 11.8 Å². The van der Waals surface area contributed by atoms with Gasteiger partial charge in [0.1, 0.15) is 24.4 Å². The van der Waals surface area contributed by atoms with Gasteiger partial charge in [0.25, 0.3) is 0 Å². The summed E-state index contributed by atoms with van der Waals surface area (Å²) in [5.41, 5.74) is 1.16. The predicted molar refractivity (Wildman–Crippen MR) is 122 cm³/mol. The van der Waals surface area contributed by atoms with Crippen molar-refractivity contribution in [2.75, 3.05) is 33.4 Å². The van der Waals surface area contributed by atoms with Crippen molar-refractivity contribution in [1.29, 1.82) is 0 Å². The summed E-state index contributed by atoms with van der Waals surface area (Å²) < 4.78 is 21.7. The zero-order valence-electron chi connectivity index (χ0n) is 19.4. The summed E-state index contributed by atoms with van der Waals surface area (Å²) in [6, 6.07) is 0. The molecular weight excluding hydrogens is 462 g/mol. The molecule has 0 aliphatic carbocycles. The lowest BCUT2D eigenvalue weighted by atomic mass is 9.83. The molecule has 3 aliphatic heterocycles. The van der Waals surface area contributed by atoms with E-state index in [-0.39, 0.29) is 12.2 Å². The number of carbonyl (C=O) groups is 1. The predicted octanol–water partition coefficient (Wildman–Crippen LogP) is -1.06. The Morgan fingerprint density at radius 3 is 2.66 bits per heavy atom. The quantitative estimate of drug-likeness (QED) is 0.196. The van der Waals surface area contributed by atoms with Crippen molar-refractivity contribution in [2.24, 2.45) is 11.8 Å². The third-order valence-corrected chi connectivity index (χ3v) is 6.12. The number of hydrogen-bond acceptors (Lipinski definition) is 11. The van der Waals surface area contributed by atoms with Crippen LogP contribution in [0.3, 0.4) is 0 Å². The number of esters is 1. The molecule has 0 bridgehead atoms. The second-order valence-electron chi connectivity index (χ2n) is 8.38. The van der Waals surface area contributed by atoms with E-state index in [1.807, 2.05) is 29.3 Å². The minimum Gasteiger partial charge on any atom is -0.471 e. The molecular formula is C24H33NO10. The van der Waals surface area contributed by atoms with Crippen LogP contribution in [0.15, 0.2) is 60.6 Å². The van der Waals surface area contributed by atoms with E-state index >= 15 is 0 Å². The summed E-state index contributed by atoms with van der Waals surface area (Å²) in [6.45, 7) is 4.31. The lowest BCUT2D eigenvalue weighted by Gasteiger charge is -2.42. The summed E-state index contributed by atoms with van der Waals surface area (Å²) >= 11 is 0. The number of rotatable bonds is 9. The highest BCUT2D eigenvalue weighted by Gasteiger charge is 2.47. The first-order chi connectivity index (χ1) is 16.8. The maximum absolute atomic E-state index is 12.4. The molecule has 8 unspecified atom stereocenters. The number of ether oxygens (including phenoxy) is 4. The summed E-state index contributed by atoms with van der Waals surface area (Å²) in [7, 11) is 1.25. The highest BCUT2D eigenvalue weighted by molar-refractivity contribution is 5.89. The second-order valence-corrected chi connectivity index (χ2v) is 8.38. The van der Waals surface area contributed by atoms with Crippen LogP contribution in [0.1, 0.15) is 0 Å². The van der Waals surface area contributed by atoms with Gasteiger partial charge >= 0.3 is 5.97 Å². The Bertz CT molecular complexity index is 866. The fourth-order valence-corrected chi connectivity index (χ4v) is 4.16.